The number of benzene rings is 1. The van der Waals surface area contributed by atoms with Crippen molar-refractivity contribution in [2.75, 3.05) is 5.32 Å². The van der Waals surface area contributed by atoms with Crippen molar-refractivity contribution < 1.29 is 4.79 Å². The number of amides is 1. The van der Waals surface area contributed by atoms with Crippen LogP contribution in [0.15, 0.2) is 48.9 Å². The van der Waals surface area contributed by atoms with Crippen molar-refractivity contribution in [3.05, 3.63) is 65.9 Å². The monoisotopic (exact) mass is 413 g/mol. The zero-order valence-corrected chi connectivity index (χ0v) is 17.5. The van der Waals surface area contributed by atoms with Crippen molar-refractivity contribution in [1.29, 1.82) is 5.26 Å². The maximum Gasteiger partial charge on any atom is 0.224 e. The minimum absolute atomic E-state index is 0.0776. The summed E-state index contributed by atoms with van der Waals surface area (Å²) in [5.74, 6) is 0.661. The third-order valence-corrected chi connectivity index (χ3v) is 5.30. The summed E-state index contributed by atoms with van der Waals surface area (Å²) in [6.45, 7) is 4.48. The Morgan fingerprint density at radius 1 is 1.16 bits per heavy atom. The number of aromatic nitrogens is 5. The third-order valence-electron chi connectivity index (χ3n) is 5.30. The van der Waals surface area contributed by atoms with Crippen LogP contribution in [-0.4, -0.2) is 30.2 Å². The number of carbonyl (C=O) groups is 1. The minimum atomic E-state index is -0.0776. The number of pyridine rings is 1. The zero-order chi connectivity index (χ0) is 21.8. The second-order valence-corrected chi connectivity index (χ2v) is 7.34. The first-order chi connectivity index (χ1) is 15.1. The molecule has 0 atom stereocenters. The van der Waals surface area contributed by atoms with E-state index in [0.717, 1.165) is 33.8 Å². The molecule has 8 nitrogen and oxygen atoms in total. The van der Waals surface area contributed by atoms with Gasteiger partial charge < -0.3 is 5.32 Å². The van der Waals surface area contributed by atoms with E-state index in [4.69, 9.17) is 5.26 Å². The van der Waals surface area contributed by atoms with Gasteiger partial charge in [0, 0.05) is 12.1 Å². The molecular formula is C23H23N7O. The normalized spacial score (nSPS) is 10.9. The maximum absolute atomic E-state index is 12.5. The Labute approximate surface area is 180 Å². The summed E-state index contributed by atoms with van der Waals surface area (Å²) in [4.78, 5) is 21.3. The number of nitrogens with one attached hydrogen (secondary N) is 1. The van der Waals surface area contributed by atoms with Crippen LogP contribution in [-0.2, 0) is 17.8 Å². The summed E-state index contributed by atoms with van der Waals surface area (Å²) in [6.07, 6.45) is 4.76. The number of nitriles is 1. The molecule has 0 aliphatic heterocycles. The second kappa shape index (κ2) is 8.79. The van der Waals surface area contributed by atoms with E-state index in [1.165, 1.54) is 0 Å². The Hall–Kier alpha value is -3.99. The molecule has 31 heavy (non-hydrogen) atoms. The first kappa shape index (κ1) is 20.3. The largest absolute Gasteiger partial charge is 0.325 e. The summed E-state index contributed by atoms with van der Waals surface area (Å²) in [5.41, 5.74) is 5.52. The predicted molar refractivity (Wildman–Crippen MR) is 118 cm³/mol. The van der Waals surface area contributed by atoms with E-state index in [-0.39, 0.29) is 5.91 Å². The molecule has 0 saturated heterocycles. The highest BCUT2D eigenvalue weighted by atomic mass is 16.1. The topological polar surface area (TPSA) is 101 Å². The van der Waals surface area contributed by atoms with Gasteiger partial charge in [0.1, 0.15) is 12.1 Å². The molecule has 4 rings (SSSR count). The van der Waals surface area contributed by atoms with Crippen molar-refractivity contribution in [3.63, 3.8) is 0 Å². The highest BCUT2D eigenvalue weighted by Crippen LogP contribution is 2.19. The molecule has 0 bridgehead atoms. The lowest BCUT2D eigenvalue weighted by Crippen LogP contribution is -2.13. The van der Waals surface area contributed by atoms with Crippen LogP contribution in [0.4, 0.5) is 5.69 Å². The summed E-state index contributed by atoms with van der Waals surface area (Å²) >= 11 is 0. The molecule has 0 aliphatic carbocycles. The van der Waals surface area contributed by atoms with E-state index in [9.17, 15) is 4.79 Å². The number of para-hydroxylation sites is 2. The van der Waals surface area contributed by atoms with Crippen molar-refractivity contribution in [1.82, 2.24) is 24.3 Å². The van der Waals surface area contributed by atoms with Crippen LogP contribution in [0.3, 0.4) is 0 Å². The van der Waals surface area contributed by atoms with Gasteiger partial charge in [-0.3, -0.25) is 14.0 Å². The molecule has 0 saturated carbocycles. The smallest absolute Gasteiger partial charge is 0.224 e. The highest BCUT2D eigenvalue weighted by Gasteiger charge is 2.13. The number of anilines is 1. The van der Waals surface area contributed by atoms with Crippen molar-refractivity contribution in [3.8, 4) is 11.9 Å². The molecule has 0 radical (unpaired) electrons. The van der Waals surface area contributed by atoms with Crippen LogP contribution in [0.25, 0.3) is 16.9 Å². The fourth-order valence-corrected chi connectivity index (χ4v) is 3.68. The summed E-state index contributed by atoms with van der Waals surface area (Å²) < 4.78 is 3.75. The predicted octanol–water partition coefficient (Wildman–Crippen LogP) is 3.72. The Kier molecular flexibility index (Phi) is 5.76. The zero-order valence-electron chi connectivity index (χ0n) is 17.5. The molecule has 0 spiro atoms. The molecule has 1 N–H and O–H groups in total. The van der Waals surface area contributed by atoms with Crippen molar-refractivity contribution >= 4 is 22.6 Å². The lowest BCUT2D eigenvalue weighted by Gasteiger charge is -2.08. The lowest BCUT2D eigenvalue weighted by atomic mass is 10.1. The standard InChI is InChI=1S/C23H23N7O/c1-16-19(17(2)30(28-16)13-5-12-24)9-11-23(31)27-18-8-10-22(25-14-18)29-15-26-20-6-3-4-7-21(20)29/h3-4,6-8,10,14-15H,5,9,11,13H2,1-2H3,(H,27,31). The molecule has 3 aromatic heterocycles. The number of aryl methyl sites for hydroxylation is 2. The maximum atomic E-state index is 12.5. The Morgan fingerprint density at radius 2 is 2.00 bits per heavy atom. The molecule has 4 aromatic rings. The molecular weight excluding hydrogens is 390 g/mol. The van der Waals surface area contributed by atoms with Crippen molar-refractivity contribution in [2.45, 2.75) is 39.7 Å². The van der Waals surface area contributed by atoms with Gasteiger partial charge in [0.25, 0.3) is 0 Å². The van der Waals surface area contributed by atoms with Gasteiger partial charge in [-0.15, -0.1) is 0 Å². The first-order valence-corrected chi connectivity index (χ1v) is 10.1. The van der Waals surface area contributed by atoms with Gasteiger partial charge in [-0.2, -0.15) is 10.4 Å². The van der Waals surface area contributed by atoms with Gasteiger partial charge in [-0.05, 0) is 50.1 Å². The van der Waals surface area contributed by atoms with Gasteiger partial charge in [0.2, 0.25) is 5.91 Å². The molecule has 0 fully saturated rings. The van der Waals surface area contributed by atoms with Gasteiger partial charge in [-0.25, -0.2) is 9.97 Å². The molecule has 0 unspecified atom stereocenters. The Bertz CT molecular complexity index is 1260. The number of hydrogen-bond donors (Lipinski definition) is 1. The molecule has 3 heterocycles. The van der Waals surface area contributed by atoms with E-state index in [1.807, 2.05) is 59.5 Å². The fourth-order valence-electron chi connectivity index (χ4n) is 3.68. The van der Waals surface area contributed by atoms with E-state index < -0.39 is 0 Å². The third kappa shape index (κ3) is 4.31. The Balaban J connectivity index is 1.38. The molecule has 8 heteroatoms. The lowest BCUT2D eigenvalue weighted by molar-refractivity contribution is -0.116. The number of imidazole rings is 1. The number of carbonyl (C=O) groups excluding carboxylic acids is 1. The minimum Gasteiger partial charge on any atom is -0.325 e. The van der Waals surface area contributed by atoms with Crippen LogP contribution in [0.2, 0.25) is 0 Å². The van der Waals surface area contributed by atoms with Gasteiger partial charge in [0.15, 0.2) is 0 Å². The van der Waals surface area contributed by atoms with E-state index in [1.54, 1.807) is 12.5 Å². The van der Waals surface area contributed by atoms with Crippen LogP contribution < -0.4 is 5.32 Å². The first-order valence-electron chi connectivity index (χ1n) is 10.1. The molecule has 156 valence electrons. The average Bonchev–Trinajstić information content (AvgIpc) is 3.32. The fraction of sp³-hybridized carbons (Fsp3) is 0.261. The van der Waals surface area contributed by atoms with E-state index in [0.29, 0.717) is 31.5 Å². The van der Waals surface area contributed by atoms with Gasteiger partial charge in [0.05, 0.1) is 47.6 Å². The number of nitrogens with zero attached hydrogens (tertiary/aromatic N) is 6. The SMILES string of the molecule is Cc1nn(CCC#N)c(C)c1CCC(=O)Nc1ccc(-n2cnc3ccccc32)nc1. The number of rotatable bonds is 7. The van der Waals surface area contributed by atoms with Crippen LogP contribution >= 0.6 is 0 Å². The summed E-state index contributed by atoms with van der Waals surface area (Å²) in [5, 5.41) is 16.2. The van der Waals surface area contributed by atoms with Crippen LogP contribution in [0, 0.1) is 25.2 Å². The van der Waals surface area contributed by atoms with Gasteiger partial charge >= 0.3 is 0 Å². The molecule has 1 aromatic carbocycles. The molecule has 1 amide bonds. The summed E-state index contributed by atoms with van der Waals surface area (Å²) in [6, 6.07) is 13.7. The number of hydrogen-bond acceptors (Lipinski definition) is 5. The average molecular weight is 413 g/mol. The van der Waals surface area contributed by atoms with Gasteiger partial charge in [-0.1, -0.05) is 12.1 Å². The van der Waals surface area contributed by atoms with E-state index in [2.05, 4.69) is 26.5 Å². The highest BCUT2D eigenvalue weighted by molar-refractivity contribution is 5.90. The van der Waals surface area contributed by atoms with Crippen molar-refractivity contribution in [2.24, 2.45) is 0 Å². The second-order valence-electron chi connectivity index (χ2n) is 7.34. The quantitative estimate of drug-likeness (QED) is 0.498. The van der Waals surface area contributed by atoms with Crippen LogP contribution in [0.1, 0.15) is 29.8 Å². The number of fused-ring (bicyclic) bond motifs is 1. The molecule has 0 aliphatic rings. The summed E-state index contributed by atoms with van der Waals surface area (Å²) in [7, 11) is 0. The van der Waals surface area contributed by atoms with E-state index >= 15 is 0 Å². The van der Waals surface area contributed by atoms with Crippen LogP contribution in [0.5, 0.6) is 0 Å². The Morgan fingerprint density at radius 3 is 2.77 bits per heavy atom.